The van der Waals surface area contributed by atoms with E-state index in [0.717, 1.165) is 28.0 Å². The number of rotatable bonds is 7. The minimum absolute atomic E-state index is 0.0270. The Morgan fingerprint density at radius 2 is 2.07 bits per heavy atom. The molecule has 3 rings (SSSR count). The van der Waals surface area contributed by atoms with Gasteiger partial charge in [0.05, 0.1) is 25.5 Å². The zero-order valence-electron chi connectivity index (χ0n) is 17.8. The molecule has 2 heterocycles. The number of benzene rings is 1. The van der Waals surface area contributed by atoms with Crippen molar-refractivity contribution < 1.29 is 14.3 Å². The third-order valence-electron chi connectivity index (χ3n) is 5.23. The van der Waals surface area contributed by atoms with Crippen LogP contribution in [0.1, 0.15) is 35.2 Å². The normalized spacial score (nSPS) is 17.8. The van der Waals surface area contributed by atoms with Crippen LogP contribution in [-0.2, 0) is 20.8 Å². The van der Waals surface area contributed by atoms with E-state index in [9.17, 15) is 4.79 Å². The van der Waals surface area contributed by atoms with Crippen LogP contribution in [-0.4, -0.2) is 36.1 Å². The molecule has 1 aromatic carbocycles. The number of methoxy groups -OCH3 is 1. The van der Waals surface area contributed by atoms with Gasteiger partial charge in [-0.2, -0.15) is 0 Å². The largest absolute Gasteiger partial charge is 0.501 e. The van der Waals surface area contributed by atoms with Crippen molar-refractivity contribution in [2.75, 3.05) is 20.3 Å². The lowest BCUT2D eigenvalue weighted by atomic mass is 9.94. The van der Waals surface area contributed by atoms with E-state index in [4.69, 9.17) is 9.47 Å². The lowest BCUT2D eigenvalue weighted by Gasteiger charge is -2.36. The predicted molar refractivity (Wildman–Crippen MR) is 118 cm³/mol. The van der Waals surface area contributed by atoms with Crippen molar-refractivity contribution in [3.63, 3.8) is 0 Å². The maximum atomic E-state index is 12.8. The summed E-state index contributed by atoms with van der Waals surface area (Å²) in [7, 11) is 1.64. The molecule has 1 aliphatic heterocycles. The van der Waals surface area contributed by atoms with Gasteiger partial charge in [0.15, 0.2) is 0 Å². The molecular weight excluding hydrogens is 376 g/mol. The topological polar surface area (TPSA) is 51.7 Å². The molecule has 5 nitrogen and oxygen atoms in total. The summed E-state index contributed by atoms with van der Waals surface area (Å²) in [5.74, 6) is 0.767. The van der Waals surface area contributed by atoms with Crippen LogP contribution in [0.2, 0.25) is 0 Å². The number of ether oxygens (including phenoxy) is 2. The van der Waals surface area contributed by atoms with Gasteiger partial charge >= 0.3 is 0 Å². The lowest BCUT2D eigenvalue weighted by Crippen LogP contribution is -2.44. The molecule has 1 aromatic heterocycles. The van der Waals surface area contributed by atoms with Crippen molar-refractivity contribution >= 4 is 11.5 Å². The molecule has 156 valence electrons. The van der Waals surface area contributed by atoms with Crippen LogP contribution in [0.3, 0.4) is 0 Å². The van der Waals surface area contributed by atoms with Crippen molar-refractivity contribution in [2.45, 2.75) is 26.4 Å². The SMILES string of the molecule is C=C/C(=C\C=C(/C)OC)c1ccncc1C1COCC(=O)N1Cc1ccc(C)cc1. The summed E-state index contributed by atoms with van der Waals surface area (Å²) in [6.45, 7) is 8.95. The molecule has 1 unspecified atom stereocenters. The number of amides is 1. The minimum Gasteiger partial charge on any atom is -0.501 e. The summed E-state index contributed by atoms with van der Waals surface area (Å²) in [4.78, 5) is 19.0. The van der Waals surface area contributed by atoms with Gasteiger partial charge in [0.1, 0.15) is 6.61 Å². The molecular formula is C25H28N2O3. The van der Waals surface area contributed by atoms with Crippen molar-refractivity contribution in [3.05, 3.63) is 95.5 Å². The van der Waals surface area contributed by atoms with Crippen LogP contribution >= 0.6 is 0 Å². The number of hydrogen-bond donors (Lipinski definition) is 0. The van der Waals surface area contributed by atoms with Gasteiger partial charge in [-0.05, 0) is 42.7 Å². The number of aryl methyl sites for hydroxylation is 1. The zero-order valence-corrected chi connectivity index (χ0v) is 17.8. The first-order valence-electron chi connectivity index (χ1n) is 9.95. The quantitative estimate of drug-likeness (QED) is 0.500. The smallest absolute Gasteiger partial charge is 0.249 e. The van der Waals surface area contributed by atoms with Crippen molar-refractivity contribution in [1.29, 1.82) is 0 Å². The van der Waals surface area contributed by atoms with E-state index in [2.05, 4.69) is 42.8 Å². The van der Waals surface area contributed by atoms with Crippen molar-refractivity contribution in [1.82, 2.24) is 9.88 Å². The molecule has 0 aliphatic carbocycles. The third kappa shape index (κ3) is 5.05. The van der Waals surface area contributed by atoms with E-state index in [1.54, 1.807) is 19.4 Å². The Labute approximate surface area is 178 Å². The summed E-state index contributed by atoms with van der Waals surface area (Å²) in [5.41, 5.74) is 5.12. The zero-order chi connectivity index (χ0) is 21.5. The average Bonchev–Trinajstić information content (AvgIpc) is 2.77. The van der Waals surface area contributed by atoms with Crippen LogP contribution in [0.15, 0.2) is 73.3 Å². The third-order valence-corrected chi connectivity index (χ3v) is 5.23. The van der Waals surface area contributed by atoms with Gasteiger partial charge in [-0.3, -0.25) is 9.78 Å². The molecule has 0 radical (unpaired) electrons. The molecule has 1 amide bonds. The minimum atomic E-state index is -0.230. The van der Waals surface area contributed by atoms with Gasteiger partial charge in [0, 0.05) is 24.5 Å². The van der Waals surface area contributed by atoms with E-state index < -0.39 is 0 Å². The first-order chi connectivity index (χ1) is 14.5. The Kier molecular flexibility index (Phi) is 7.20. The Hall–Kier alpha value is -3.18. The Morgan fingerprint density at radius 1 is 1.30 bits per heavy atom. The summed E-state index contributed by atoms with van der Waals surface area (Å²) < 4.78 is 10.9. The van der Waals surface area contributed by atoms with Gasteiger partial charge in [0.2, 0.25) is 5.91 Å². The summed E-state index contributed by atoms with van der Waals surface area (Å²) in [6, 6.07) is 9.97. The molecule has 0 saturated carbocycles. The highest BCUT2D eigenvalue weighted by Gasteiger charge is 2.32. The van der Waals surface area contributed by atoms with E-state index in [-0.39, 0.29) is 18.6 Å². The van der Waals surface area contributed by atoms with Gasteiger partial charge in [-0.15, -0.1) is 0 Å². The number of carbonyl (C=O) groups is 1. The fourth-order valence-electron chi connectivity index (χ4n) is 3.43. The van der Waals surface area contributed by atoms with Crippen LogP contribution in [0.5, 0.6) is 0 Å². The fourth-order valence-corrected chi connectivity index (χ4v) is 3.43. The monoisotopic (exact) mass is 404 g/mol. The maximum Gasteiger partial charge on any atom is 0.249 e. The molecule has 1 aliphatic rings. The summed E-state index contributed by atoms with van der Waals surface area (Å²) in [6.07, 6.45) is 9.22. The molecule has 0 N–H and O–H groups in total. The van der Waals surface area contributed by atoms with Crippen molar-refractivity contribution in [2.24, 2.45) is 0 Å². The molecule has 5 heteroatoms. The van der Waals surface area contributed by atoms with Gasteiger partial charge in [-0.25, -0.2) is 0 Å². The highest BCUT2D eigenvalue weighted by Crippen LogP contribution is 2.32. The number of hydrogen-bond acceptors (Lipinski definition) is 4. The molecule has 1 fully saturated rings. The number of pyridine rings is 1. The van der Waals surface area contributed by atoms with Gasteiger partial charge < -0.3 is 14.4 Å². The van der Waals surface area contributed by atoms with Crippen LogP contribution < -0.4 is 0 Å². The molecule has 0 spiro atoms. The predicted octanol–water partition coefficient (Wildman–Crippen LogP) is 4.61. The highest BCUT2D eigenvalue weighted by atomic mass is 16.5. The Balaban J connectivity index is 1.99. The molecule has 1 saturated heterocycles. The van der Waals surface area contributed by atoms with Gasteiger partial charge in [-0.1, -0.05) is 48.6 Å². The lowest BCUT2D eigenvalue weighted by molar-refractivity contribution is -0.149. The van der Waals surface area contributed by atoms with Crippen molar-refractivity contribution in [3.8, 4) is 0 Å². The second kappa shape index (κ2) is 10.0. The maximum absolute atomic E-state index is 12.8. The van der Waals surface area contributed by atoms with E-state index >= 15 is 0 Å². The van der Waals surface area contributed by atoms with Crippen LogP contribution in [0.25, 0.3) is 5.57 Å². The fraction of sp³-hybridized carbons (Fsp3) is 0.280. The van der Waals surface area contributed by atoms with Crippen LogP contribution in [0, 0.1) is 6.92 Å². The summed E-state index contributed by atoms with van der Waals surface area (Å²) in [5, 5.41) is 0. The van der Waals surface area contributed by atoms with E-state index in [0.29, 0.717) is 13.2 Å². The highest BCUT2D eigenvalue weighted by molar-refractivity contribution is 5.80. The standard InChI is InChI=1S/C25H28N2O3/c1-5-21(11-8-19(3)29-4)22-12-13-26-14-23(22)24-16-30-17-25(28)27(24)15-20-9-6-18(2)7-10-20/h5-14,24H,1,15-17H2,2-4H3/b19-8+,21-11+. The van der Waals surface area contributed by atoms with E-state index in [1.807, 2.05) is 36.2 Å². The summed E-state index contributed by atoms with van der Waals surface area (Å²) >= 11 is 0. The molecule has 2 aromatic rings. The number of aromatic nitrogens is 1. The molecule has 0 bridgehead atoms. The number of carbonyl (C=O) groups excluding carboxylic acids is 1. The first kappa shape index (κ1) is 21.5. The second-order valence-electron chi connectivity index (χ2n) is 7.31. The Bertz CT molecular complexity index is 961. The number of morpholine rings is 1. The first-order valence-corrected chi connectivity index (χ1v) is 9.95. The van der Waals surface area contributed by atoms with Crippen LogP contribution in [0.4, 0.5) is 0 Å². The number of nitrogens with zero attached hydrogens (tertiary/aromatic N) is 2. The Morgan fingerprint density at radius 3 is 2.77 bits per heavy atom. The second-order valence-corrected chi connectivity index (χ2v) is 7.31. The van der Waals surface area contributed by atoms with Gasteiger partial charge in [0.25, 0.3) is 0 Å². The van der Waals surface area contributed by atoms with E-state index in [1.165, 1.54) is 5.56 Å². The number of allylic oxidation sites excluding steroid dienone is 5. The average molecular weight is 405 g/mol. The molecule has 30 heavy (non-hydrogen) atoms. The molecule has 1 atom stereocenters.